The summed E-state index contributed by atoms with van der Waals surface area (Å²) in [7, 11) is -2.02. The number of fused-ring (bicyclic) bond motifs is 3. The van der Waals surface area contributed by atoms with Gasteiger partial charge in [-0.15, -0.1) is 0 Å². The molecule has 0 aliphatic rings. The van der Waals surface area contributed by atoms with E-state index in [0.29, 0.717) is 11.3 Å². The smallest absolute Gasteiger partial charge is 0.261 e. The third-order valence-corrected chi connectivity index (χ3v) is 8.70. The van der Waals surface area contributed by atoms with E-state index in [2.05, 4.69) is 21.8 Å². The highest BCUT2D eigenvalue weighted by Crippen LogP contribution is 2.41. The molecule has 2 heterocycles. The van der Waals surface area contributed by atoms with Crippen molar-refractivity contribution in [3.63, 3.8) is 0 Å². The summed E-state index contributed by atoms with van der Waals surface area (Å²) >= 11 is 0. The number of benzene rings is 4. The van der Waals surface area contributed by atoms with E-state index in [9.17, 15) is 13.2 Å². The molecule has 0 radical (unpaired) electrons. The van der Waals surface area contributed by atoms with Gasteiger partial charge in [0.2, 0.25) is 5.91 Å². The summed E-state index contributed by atoms with van der Waals surface area (Å²) in [6.07, 6.45) is 1.85. The minimum Gasteiger partial charge on any atom is -0.339 e. The standard InChI is InChI=1S/C33H28N4O3S/c1-21-9-16-27(17-10-21)41(39,40)36-25-13-18-30-28(19-25)32-31(24-7-5-4-6-8-24)29(20-34-33(32)35-30)23-11-14-26(15-12-23)37(3)22(2)38/h4-20,36H,1-3H3,(H,34,35). The van der Waals surface area contributed by atoms with Gasteiger partial charge in [-0.25, -0.2) is 13.4 Å². The van der Waals surface area contributed by atoms with Crippen LogP contribution in [0.5, 0.6) is 0 Å². The maximum atomic E-state index is 13.1. The first kappa shape index (κ1) is 26.3. The van der Waals surface area contributed by atoms with E-state index in [1.807, 2.05) is 67.7 Å². The van der Waals surface area contributed by atoms with Crippen molar-refractivity contribution in [2.24, 2.45) is 0 Å². The molecule has 8 heteroatoms. The lowest BCUT2D eigenvalue weighted by Crippen LogP contribution is -2.22. The van der Waals surface area contributed by atoms with Crippen LogP contribution in [-0.4, -0.2) is 31.3 Å². The number of aromatic nitrogens is 2. The Morgan fingerprint density at radius 1 is 0.878 bits per heavy atom. The largest absolute Gasteiger partial charge is 0.339 e. The van der Waals surface area contributed by atoms with E-state index in [0.717, 1.165) is 49.8 Å². The zero-order valence-corrected chi connectivity index (χ0v) is 23.7. The Balaban J connectivity index is 1.52. The highest BCUT2D eigenvalue weighted by Gasteiger charge is 2.19. The molecule has 0 spiro atoms. The summed E-state index contributed by atoms with van der Waals surface area (Å²) < 4.78 is 29.0. The van der Waals surface area contributed by atoms with Crippen LogP contribution in [0.15, 0.2) is 108 Å². The van der Waals surface area contributed by atoms with E-state index >= 15 is 0 Å². The summed E-state index contributed by atoms with van der Waals surface area (Å²) in [6, 6.07) is 30.1. The zero-order chi connectivity index (χ0) is 28.7. The number of pyridine rings is 1. The molecule has 0 aliphatic heterocycles. The number of hydrogen-bond donors (Lipinski definition) is 2. The van der Waals surface area contributed by atoms with Gasteiger partial charge in [-0.05, 0) is 60.5 Å². The fourth-order valence-electron chi connectivity index (χ4n) is 5.02. The number of anilines is 2. The molecule has 6 rings (SSSR count). The highest BCUT2D eigenvalue weighted by atomic mass is 32.2. The molecule has 1 amide bonds. The molecule has 2 N–H and O–H groups in total. The Morgan fingerprint density at radius 2 is 1.59 bits per heavy atom. The van der Waals surface area contributed by atoms with Gasteiger partial charge in [0.25, 0.3) is 10.0 Å². The topological polar surface area (TPSA) is 95.2 Å². The predicted octanol–water partition coefficient (Wildman–Crippen LogP) is 7.14. The average molecular weight is 561 g/mol. The Bertz CT molecular complexity index is 2020. The van der Waals surface area contributed by atoms with Gasteiger partial charge in [0.15, 0.2) is 0 Å². The number of nitrogens with one attached hydrogen (secondary N) is 2. The van der Waals surface area contributed by atoms with Crippen LogP contribution in [-0.2, 0) is 14.8 Å². The molecule has 6 aromatic rings. The highest BCUT2D eigenvalue weighted by molar-refractivity contribution is 7.92. The number of carbonyl (C=O) groups excluding carboxylic acids is 1. The van der Waals surface area contributed by atoms with Crippen molar-refractivity contribution in [2.45, 2.75) is 18.7 Å². The van der Waals surface area contributed by atoms with Crippen molar-refractivity contribution in [3.05, 3.63) is 109 Å². The number of hydrogen-bond acceptors (Lipinski definition) is 4. The van der Waals surface area contributed by atoms with E-state index in [1.165, 1.54) is 6.92 Å². The molecule has 0 atom stereocenters. The summed E-state index contributed by atoms with van der Waals surface area (Å²) in [5.74, 6) is -0.0431. The van der Waals surface area contributed by atoms with Crippen LogP contribution in [0.2, 0.25) is 0 Å². The number of carbonyl (C=O) groups is 1. The summed E-state index contributed by atoms with van der Waals surface area (Å²) in [5.41, 5.74) is 7.65. The molecule has 2 aromatic heterocycles. The van der Waals surface area contributed by atoms with Crippen molar-refractivity contribution in [3.8, 4) is 22.3 Å². The monoisotopic (exact) mass is 560 g/mol. The third-order valence-electron chi connectivity index (χ3n) is 7.30. The number of H-pyrrole nitrogens is 1. The Labute approximate surface area is 238 Å². The fourth-order valence-corrected chi connectivity index (χ4v) is 6.07. The van der Waals surface area contributed by atoms with Crippen molar-refractivity contribution < 1.29 is 13.2 Å². The van der Waals surface area contributed by atoms with Gasteiger partial charge < -0.3 is 9.88 Å². The minimum absolute atomic E-state index is 0.0431. The second-order valence-electron chi connectivity index (χ2n) is 10.1. The van der Waals surface area contributed by atoms with Crippen molar-refractivity contribution in [1.82, 2.24) is 9.97 Å². The van der Waals surface area contributed by atoms with Crippen LogP contribution in [0.3, 0.4) is 0 Å². The molecular formula is C33H28N4O3S. The lowest BCUT2D eigenvalue weighted by atomic mass is 9.92. The van der Waals surface area contributed by atoms with Gasteiger partial charge in [0, 0.05) is 59.0 Å². The number of nitrogens with zero attached hydrogens (tertiary/aromatic N) is 2. The lowest BCUT2D eigenvalue weighted by Gasteiger charge is -2.16. The molecule has 0 fully saturated rings. The molecule has 0 bridgehead atoms. The average Bonchev–Trinajstić information content (AvgIpc) is 3.35. The van der Waals surface area contributed by atoms with E-state index in [-0.39, 0.29) is 10.8 Å². The van der Waals surface area contributed by atoms with E-state index in [4.69, 9.17) is 4.98 Å². The third kappa shape index (κ3) is 4.94. The molecular weight excluding hydrogens is 532 g/mol. The molecule has 0 saturated heterocycles. The van der Waals surface area contributed by atoms with Crippen LogP contribution in [0.1, 0.15) is 12.5 Å². The molecule has 0 unspecified atom stereocenters. The van der Waals surface area contributed by atoms with Gasteiger partial charge in [-0.1, -0.05) is 60.2 Å². The van der Waals surface area contributed by atoms with E-state index < -0.39 is 10.0 Å². The SMILES string of the molecule is CC(=O)N(C)c1ccc(-c2cnc3[nH]c4ccc(NS(=O)(=O)c5ccc(C)cc5)cc4c3c2-c2ccccc2)cc1. The fraction of sp³-hybridized carbons (Fsp3) is 0.0909. The predicted molar refractivity (Wildman–Crippen MR) is 166 cm³/mol. The van der Waals surface area contributed by atoms with Gasteiger partial charge in [-0.2, -0.15) is 0 Å². The van der Waals surface area contributed by atoms with Crippen molar-refractivity contribution in [1.29, 1.82) is 0 Å². The lowest BCUT2D eigenvalue weighted by molar-refractivity contribution is -0.116. The van der Waals surface area contributed by atoms with Crippen LogP contribution in [0.25, 0.3) is 44.2 Å². The molecule has 7 nitrogen and oxygen atoms in total. The summed E-state index contributed by atoms with van der Waals surface area (Å²) in [4.78, 5) is 21.8. The van der Waals surface area contributed by atoms with Crippen LogP contribution in [0.4, 0.5) is 11.4 Å². The van der Waals surface area contributed by atoms with Gasteiger partial charge in [0.05, 0.1) is 4.90 Å². The molecule has 0 aliphatic carbocycles. The number of aryl methyl sites for hydroxylation is 1. The Hall–Kier alpha value is -4.95. The van der Waals surface area contributed by atoms with Gasteiger partial charge in [-0.3, -0.25) is 9.52 Å². The molecule has 0 saturated carbocycles. The first-order valence-electron chi connectivity index (χ1n) is 13.2. The Kier molecular flexibility index (Phi) is 6.55. The first-order chi connectivity index (χ1) is 19.7. The summed E-state index contributed by atoms with van der Waals surface area (Å²) in [5, 5.41) is 1.75. The normalized spacial score (nSPS) is 11.6. The second-order valence-corrected chi connectivity index (χ2v) is 11.7. The van der Waals surface area contributed by atoms with Crippen molar-refractivity contribution in [2.75, 3.05) is 16.7 Å². The summed E-state index contributed by atoms with van der Waals surface area (Å²) in [6.45, 7) is 3.45. The first-order valence-corrected chi connectivity index (χ1v) is 14.6. The molecule has 204 valence electrons. The number of rotatable bonds is 6. The minimum atomic E-state index is -3.77. The maximum absolute atomic E-state index is 13.1. The van der Waals surface area contributed by atoms with Gasteiger partial charge >= 0.3 is 0 Å². The Morgan fingerprint density at radius 3 is 2.27 bits per heavy atom. The van der Waals surface area contributed by atoms with Crippen molar-refractivity contribution >= 4 is 49.2 Å². The second kappa shape index (κ2) is 10.2. The quantitative estimate of drug-likeness (QED) is 0.226. The number of amides is 1. The van der Waals surface area contributed by atoms with E-state index in [1.54, 1.807) is 42.3 Å². The van der Waals surface area contributed by atoms with Gasteiger partial charge in [0.1, 0.15) is 5.65 Å². The maximum Gasteiger partial charge on any atom is 0.261 e. The van der Waals surface area contributed by atoms with Crippen LogP contribution < -0.4 is 9.62 Å². The molecule has 4 aromatic carbocycles. The molecule has 41 heavy (non-hydrogen) atoms. The van der Waals surface area contributed by atoms with Crippen LogP contribution in [0, 0.1) is 6.92 Å². The number of aromatic amines is 1. The van der Waals surface area contributed by atoms with Crippen LogP contribution >= 0.6 is 0 Å². The number of sulfonamides is 1. The zero-order valence-electron chi connectivity index (χ0n) is 22.8.